The summed E-state index contributed by atoms with van der Waals surface area (Å²) in [5.74, 6) is -0.497. The standard InChI is InChI=1S/C10H7ClINO2/c1-2-15-10(14)6-3-4-8(11)9(12)7(6)5-13/h3-4H,2H2,1H3. The molecule has 0 saturated heterocycles. The number of hydrogen-bond donors (Lipinski definition) is 0. The summed E-state index contributed by atoms with van der Waals surface area (Å²) in [6.07, 6.45) is 0. The van der Waals surface area contributed by atoms with Gasteiger partial charge in [-0.15, -0.1) is 0 Å². The molecule has 5 heteroatoms. The maximum atomic E-state index is 11.5. The Morgan fingerprint density at radius 2 is 2.33 bits per heavy atom. The first-order valence-corrected chi connectivity index (χ1v) is 5.62. The summed E-state index contributed by atoms with van der Waals surface area (Å²) in [5, 5.41) is 9.38. The third-order valence-electron chi connectivity index (χ3n) is 1.70. The molecule has 0 fully saturated rings. The molecule has 0 radical (unpaired) electrons. The van der Waals surface area contributed by atoms with Crippen molar-refractivity contribution < 1.29 is 9.53 Å². The summed E-state index contributed by atoms with van der Waals surface area (Å²) in [5.41, 5.74) is 0.523. The minimum Gasteiger partial charge on any atom is -0.462 e. The van der Waals surface area contributed by atoms with Gasteiger partial charge in [0, 0.05) is 0 Å². The summed E-state index contributed by atoms with van der Waals surface area (Å²) in [4.78, 5) is 11.5. The summed E-state index contributed by atoms with van der Waals surface area (Å²) in [6.45, 7) is 1.99. The molecule has 0 heterocycles. The Morgan fingerprint density at radius 1 is 1.67 bits per heavy atom. The fraction of sp³-hybridized carbons (Fsp3) is 0.200. The fourth-order valence-electron chi connectivity index (χ4n) is 1.04. The van der Waals surface area contributed by atoms with E-state index in [0.717, 1.165) is 0 Å². The lowest BCUT2D eigenvalue weighted by atomic mass is 10.1. The molecule has 3 nitrogen and oxygen atoms in total. The van der Waals surface area contributed by atoms with Crippen LogP contribution in [0.2, 0.25) is 5.02 Å². The van der Waals surface area contributed by atoms with Crippen LogP contribution in [0.5, 0.6) is 0 Å². The Morgan fingerprint density at radius 3 is 2.87 bits per heavy atom. The molecule has 0 bridgehead atoms. The van der Waals surface area contributed by atoms with Crippen LogP contribution < -0.4 is 0 Å². The zero-order valence-electron chi connectivity index (χ0n) is 7.88. The lowest BCUT2D eigenvalue weighted by Gasteiger charge is -2.06. The highest BCUT2D eigenvalue weighted by Crippen LogP contribution is 2.25. The van der Waals surface area contributed by atoms with Gasteiger partial charge < -0.3 is 4.74 Å². The van der Waals surface area contributed by atoms with Crippen molar-refractivity contribution in [2.75, 3.05) is 6.61 Å². The highest BCUT2D eigenvalue weighted by Gasteiger charge is 2.16. The average Bonchev–Trinajstić information content (AvgIpc) is 2.22. The Kier molecular flexibility index (Phi) is 4.36. The van der Waals surface area contributed by atoms with Gasteiger partial charge in [0.1, 0.15) is 6.07 Å². The largest absolute Gasteiger partial charge is 0.462 e. The number of rotatable bonds is 2. The summed E-state index contributed by atoms with van der Waals surface area (Å²) >= 11 is 7.77. The number of carbonyl (C=O) groups is 1. The van der Waals surface area contributed by atoms with Crippen molar-refractivity contribution >= 4 is 40.2 Å². The molecule has 1 aromatic carbocycles. The minimum atomic E-state index is -0.497. The van der Waals surface area contributed by atoms with Gasteiger partial charge in [-0.1, -0.05) is 11.6 Å². The second kappa shape index (κ2) is 5.33. The van der Waals surface area contributed by atoms with E-state index in [2.05, 4.69) is 0 Å². The van der Waals surface area contributed by atoms with Crippen molar-refractivity contribution in [3.05, 3.63) is 31.9 Å². The lowest BCUT2D eigenvalue weighted by molar-refractivity contribution is 0.0526. The Balaban J connectivity index is 3.26. The molecule has 0 saturated carbocycles. The molecule has 0 spiro atoms. The van der Waals surface area contributed by atoms with Crippen LogP contribution in [0.25, 0.3) is 0 Å². The van der Waals surface area contributed by atoms with Gasteiger partial charge in [-0.3, -0.25) is 0 Å². The van der Waals surface area contributed by atoms with Crippen LogP contribution in [-0.4, -0.2) is 12.6 Å². The van der Waals surface area contributed by atoms with E-state index >= 15 is 0 Å². The Labute approximate surface area is 106 Å². The van der Waals surface area contributed by atoms with Crippen molar-refractivity contribution in [1.82, 2.24) is 0 Å². The zero-order valence-corrected chi connectivity index (χ0v) is 10.8. The Hall–Kier alpha value is -0.800. The van der Waals surface area contributed by atoms with E-state index in [0.29, 0.717) is 8.59 Å². The van der Waals surface area contributed by atoms with E-state index in [1.807, 2.05) is 28.7 Å². The van der Waals surface area contributed by atoms with Gasteiger partial charge in [-0.05, 0) is 41.6 Å². The molecule has 0 N–H and O–H groups in total. The second-order valence-corrected chi connectivity index (χ2v) is 4.10. The van der Waals surface area contributed by atoms with Gasteiger partial charge in [0.25, 0.3) is 0 Å². The van der Waals surface area contributed by atoms with Crippen LogP contribution in [0.15, 0.2) is 12.1 Å². The number of hydrogen-bond acceptors (Lipinski definition) is 3. The molecule has 0 aliphatic heterocycles. The van der Waals surface area contributed by atoms with Crippen LogP contribution in [-0.2, 0) is 4.74 Å². The Bertz CT molecular complexity index is 440. The summed E-state index contributed by atoms with van der Waals surface area (Å²) in [7, 11) is 0. The van der Waals surface area contributed by atoms with Crippen molar-refractivity contribution in [2.24, 2.45) is 0 Å². The fourth-order valence-corrected chi connectivity index (χ4v) is 1.79. The summed E-state index contributed by atoms with van der Waals surface area (Å²) < 4.78 is 5.40. The first kappa shape index (κ1) is 12.3. The van der Waals surface area contributed by atoms with E-state index in [1.165, 1.54) is 6.07 Å². The van der Waals surface area contributed by atoms with Crippen molar-refractivity contribution in [3.8, 4) is 6.07 Å². The van der Waals surface area contributed by atoms with Crippen molar-refractivity contribution in [2.45, 2.75) is 6.92 Å². The highest BCUT2D eigenvalue weighted by atomic mass is 127. The molecule has 0 aliphatic rings. The molecule has 15 heavy (non-hydrogen) atoms. The van der Waals surface area contributed by atoms with Crippen LogP contribution in [0, 0.1) is 14.9 Å². The lowest BCUT2D eigenvalue weighted by Crippen LogP contribution is -2.08. The molecular weight excluding hydrogens is 328 g/mol. The number of ether oxygens (including phenoxy) is 1. The number of benzene rings is 1. The van der Waals surface area contributed by atoms with E-state index in [-0.39, 0.29) is 17.7 Å². The molecule has 1 aromatic rings. The predicted octanol–water partition coefficient (Wildman–Crippen LogP) is 2.99. The SMILES string of the molecule is CCOC(=O)c1ccc(Cl)c(I)c1C#N. The minimum absolute atomic E-state index is 0.258. The normalized spacial score (nSPS) is 9.47. The first-order chi connectivity index (χ1) is 7.11. The number of nitriles is 1. The quantitative estimate of drug-likeness (QED) is 0.617. The molecule has 0 aliphatic carbocycles. The maximum Gasteiger partial charge on any atom is 0.339 e. The molecule has 0 aromatic heterocycles. The van der Waals surface area contributed by atoms with E-state index in [9.17, 15) is 4.79 Å². The van der Waals surface area contributed by atoms with Gasteiger partial charge in [0.15, 0.2) is 0 Å². The molecule has 1 rings (SSSR count). The van der Waals surface area contributed by atoms with Gasteiger partial charge in [-0.2, -0.15) is 5.26 Å². The highest BCUT2D eigenvalue weighted by molar-refractivity contribution is 14.1. The summed E-state index contributed by atoms with van der Waals surface area (Å²) in [6, 6.07) is 5.03. The van der Waals surface area contributed by atoms with Gasteiger partial charge >= 0.3 is 5.97 Å². The average molecular weight is 336 g/mol. The van der Waals surface area contributed by atoms with Crippen LogP contribution in [0.4, 0.5) is 0 Å². The topological polar surface area (TPSA) is 50.1 Å². The van der Waals surface area contributed by atoms with Crippen molar-refractivity contribution in [1.29, 1.82) is 5.26 Å². The predicted molar refractivity (Wildman–Crippen MR) is 64.8 cm³/mol. The zero-order chi connectivity index (χ0) is 11.4. The van der Waals surface area contributed by atoms with Gasteiger partial charge in [0.2, 0.25) is 0 Å². The number of nitrogens with zero attached hydrogens (tertiary/aromatic N) is 1. The van der Waals surface area contributed by atoms with Crippen LogP contribution >= 0.6 is 34.2 Å². The molecular formula is C10H7ClINO2. The van der Waals surface area contributed by atoms with Crippen molar-refractivity contribution in [3.63, 3.8) is 0 Å². The number of halogens is 2. The van der Waals surface area contributed by atoms with Gasteiger partial charge in [-0.25, -0.2) is 4.79 Å². The third-order valence-corrected chi connectivity index (χ3v) is 3.46. The third kappa shape index (κ3) is 2.61. The number of carbonyl (C=O) groups excluding carboxylic acids is 1. The maximum absolute atomic E-state index is 11.5. The van der Waals surface area contributed by atoms with Gasteiger partial charge in [0.05, 0.1) is 26.3 Å². The van der Waals surface area contributed by atoms with E-state index in [4.69, 9.17) is 21.6 Å². The molecule has 0 atom stereocenters. The smallest absolute Gasteiger partial charge is 0.339 e. The van der Waals surface area contributed by atoms with Crippen LogP contribution in [0.1, 0.15) is 22.8 Å². The van der Waals surface area contributed by atoms with E-state index < -0.39 is 5.97 Å². The van der Waals surface area contributed by atoms with E-state index in [1.54, 1.807) is 13.0 Å². The first-order valence-electron chi connectivity index (χ1n) is 4.17. The number of esters is 1. The monoisotopic (exact) mass is 335 g/mol. The molecule has 78 valence electrons. The van der Waals surface area contributed by atoms with Crippen LogP contribution in [0.3, 0.4) is 0 Å². The molecule has 0 amide bonds. The second-order valence-electron chi connectivity index (χ2n) is 2.62. The molecule has 0 unspecified atom stereocenters.